The third-order valence-electron chi connectivity index (χ3n) is 7.12. The molecule has 0 amide bonds. The van der Waals surface area contributed by atoms with Gasteiger partial charge in [-0.1, -0.05) is 51.8 Å². The summed E-state index contributed by atoms with van der Waals surface area (Å²) in [5.41, 5.74) is 2.22. The fraction of sp³-hybridized carbons (Fsp3) is 0.800. The molecular formula is C20H32O. The SMILES string of the molecule is C=C[C@]1(C)C=C2CC[C@H]3C(C)(C)CCC[C@]3(C)[C@H]2[C@H](O)C1. The summed E-state index contributed by atoms with van der Waals surface area (Å²) < 4.78 is 0. The lowest BCUT2D eigenvalue weighted by Crippen LogP contribution is -2.54. The number of aliphatic hydroxyl groups is 1. The summed E-state index contributed by atoms with van der Waals surface area (Å²) in [6, 6.07) is 0. The number of hydrogen-bond donors (Lipinski definition) is 1. The normalized spacial score (nSPS) is 48.8. The van der Waals surface area contributed by atoms with E-state index in [0.717, 1.165) is 12.3 Å². The van der Waals surface area contributed by atoms with Crippen molar-refractivity contribution in [3.8, 4) is 0 Å². The molecule has 2 saturated carbocycles. The van der Waals surface area contributed by atoms with Crippen molar-refractivity contribution >= 4 is 0 Å². The van der Waals surface area contributed by atoms with Gasteiger partial charge in [0.1, 0.15) is 0 Å². The van der Waals surface area contributed by atoms with Crippen molar-refractivity contribution in [3.05, 3.63) is 24.3 Å². The summed E-state index contributed by atoms with van der Waals surface area (Å²) in [7, 11) is 0. The number of rotatable bonds is 1. The predicted molar refractivity (Wildman–Crippen MR) is 89.0 cm³/mol. The molecule has 0 saturated heterocycles. The van der Waals surface area contributed by atoms with Gasteiger partial charge in [-0.25, -0.2) is 0 Å². The zero-order valence-corrected chi connectivity index (χ0v) is 14.3. The molecule has 2 fully saturated rings. The second-order valence-corrected chi connectivity index (χ2v) is 9.12. The molecule has 3 aliphatic carbocycles. The smallest absolute Gasteiger partial charge is 0.0622 e. The van der Waals surface area contributed by atoms with Crippen LogP contribution in [0.3, 0.4) is 0 Å². The maximum absolute atomic E-state index is 11.0. The van der Waals surface area contributed by atoms with Crippen LogP contribution in [0.5, 0.6) is 0 Å². The van der Waals surface area contributed by atoms with Gasteiger partial charge in [0.25, 0.3) is 0 Å². The van der Waals surface area contributed by atoms with Crippen molar-refractivity contribution < 1.29 is 5.11 Å². The van der Waals surface area contributed by atoms with Crippen LogP contribution in [0.2, 0.25) is 0 Å². The molecule has 0 unspecified atom stereocenters. The molecule has 1 heteroatoms. The lowest BCUT2D eigenvalue weighted by Gasteiger charge is -2.60. The van der Waals surface area contributed by atoms with Crippen molar-refractivity contribution in [1.82, 2.24) is 0 Å². The van der Waals surface area contributed by atoms with Crippen LogP contribution in [-0.4, -0.2) is 11.2 Å². The summed E-state index contributed by atoms with van der Waals surface area (Å²) in [5.74, 6) is 1.13. The topological polar surface area (TPSA) is 20.2 Å². The number of aliphatic hydroxyl groups excluding tert-OH is 1. The molecule has 21 heavy (non-hydrogen) atoms. The van der Waals surface area contributed by atoms with Gasteiger partial charge in [0.05, 0.1) is 6.10 Å². The van der Waals surface area contributed by atoms with E-state index < -0.39 is 0 Å². The molecule has 0 bridgehead atoms. The van der Waals surface area contributed by atoms with E-state index in [1.807, 2.05) is 6.08 Å². The molecule has 0 aromatic carbocycles. The minimum absolute atomic E-state index is 0.0152. The lowest BCUT2D eigenvalue weighted by atomic mass is 9.45. The first-order valence-electron chi connectivity index (χ1n) is 8.75. The Kier molecular flexibility index (Phi) is 3.44. The minimum Gasteiger partial charge on any atom is -0.392 e. The first-order valence-corrected chi connectivity index (χ1v) is 8.75. The predicted octanol–water partition coefficient (Wildman–Crippen LogP) is 5.11. The molecule has 3 aliphatic rings. The molecule has 0 aliphatic heterocycles. The summed E-state index contributed by atoms with van der Waals surface area (Å²) in [6.45, 7) is 13.6. The lowest BCUT2D eigenvalue weighted by molar-refractivity contribution is -0.0980. The van der Waals surface area contributed by atoms with Crippen LogP contribution in [0.25, 0.3) is 0 Å². The van der Waals surface area contributed by atoms with E-state index in [1.165, 1.54) is 37.7 Å². The van der Waals surface area contributed by atoms with E-state index in [9.17, 15) is 5.11 Å². The van der Waals surface area contributed by atoms with E-state index in [-0.39, 0.29) is 16.9 Å². The van der Waals surface area contributed by atoms with E-state index >= 15 is 0 Å². The number of fused-ring (bicyclic) bond motifs is 3. The molecule has 5 atom stereocenters. The average molecular weight is 288 g/mol. The summed E-state index contributed by atoms with van der Waals surface area (Å²) in [4.78, 5) is 0. The van der Waals surface area contributed by atoms with Crippen molar-refractivity contribution in [2.45, 2.75) is 72.3 Å². The van der Waals surface area contributed by atoms with Gasteiger partial charge >= 0.3 is 0 Å². The highest BCUT2D eigenvalue weighted by Gasteiger charge is 2.56. The summed E-state index contributed by atoms with van der Waals surface area (Å²) >= 11 is 0. The van der Waals surface area contributed by atoms with Crippen molar-refractivity contribution in [1.29, 1.82) is 0 Å². The maximum Gasteiger partial charge on any atom is 0.0622 e. The van der Waals surface area contributed by atoms with E-state index in [0.29, 0.717) is 11.3 Å². The second-order valence-electron chi connectivity index (χ2n) is 9.12. The molecule has 0 aromatic rings. The highest BCUT2D eigenvalue weighted by molar-refractivity contribution is 5.28. The van der Waals surface area contributed by atoms with E-state index in [1.54, 1.807) is 0 Å². The minimum atomic E-state index is -0.199. The van der Waals surface area contributed by atoms with Crippen LogP contribution in [0.15, 0.2) is 24.3 Å². The Morgan fingerprint density at radius 1 is 1.24 bits per heavy atom. The first kappa shape index (κ1) is 15.3. The van der Waals surface area contributed by atoms with Crippen LogP contribution in [0.4, 0.5) is 0 Å². The van der Waals surface area contributed by atoms with Crippen LogP contribution in [0, 0.1) is 28.1 Å². The van der Waals surface area contributed by atoms with Crippen molar-refractivity contribution in [2.75, 3.05) is 0 Å². The fourth-order valence-corrected chi connectivity index (χ4v) is 6.19. The third kappa shape index (κ3) is 2.23. The zero-order chi connectivity index (χ0) is 15.5. The Labute approximate surface area is 130 Å². The first-order chi connectivity index (χ1) is 9.72. The Hall–Kier alpha value is -0.560. The zero-order valence-electron chi connectivity index (χ0n) is 14.3. The van der Waals surface area contributed by atoms with Gasteiger partial charge in [-0.3, -0.25) is 0 Å². The summed E-state index contributed by atoms with van der Waals surface area (Å²) in [5, 5.41) is 11.0. The highest BCUT2D eigenvalue weighted by Crippen LogP contribution is 2.63. The van der Waals surface area contributed by atoms with Crippen LogP contribution >= 0.6 is 0 Å². The third-order valence-corrected chi connectivity index (χ3v) is 7.12. The van der Waals surface area contributed by atoms with E-state index in [4.69, 9.17) is 0 Å². The van der Waals surface area contributed by atoms with E-state index in [2.05, 4.69) is 40.3 Å². The maximum atomic E-state index is 11.0. The fourth-order valence-electron chi connectivity index (χ4n) is 6.19. The van der Waals surface area contributed by atoms with Crippen molar-refractivity contribution in [2.24, 2.45) is 28.1 Å². The van der Waals surface area contributed by atoms with Gasteiger partial charge < -0.3 is 5.11 Å². The van der Waals surface area contributed by atoms with Gasteiger partial charge in [0, 0.05) is 11.3 Å². The van der Waals surface area contributed by atoms with Crippen LogP contribution in [-0.2, 0) is 0 Å². The molecule has 0 aromatic heterocycles. The quantitative estimate of drug-likeness (QED) is 0.665. The Balaban J connectivity index is 2.02. The molecule has 1 N–H and O–H groups in total. The molecule has 0 heterocycles. The Morgan fingerprint density at radius 2 is 1.95 bits per heavy atom. The van der Waals surface area contributed by atoms with Crippen LogP contribution < -0.4 is 0 Å². The van der Waals surface area contributed by atoms with Crippen molar-refractivity contribution in [3.63, 3.8) is 0 Å². The second kappa shape index (κ2) is 4.72. The molecular weight excluding hydrogens is 256 g/mol. The molecule has 3 rings (SSSR count). The average Bonchev–Trinajstić information content (AvgIpc) is 2.36. The van der Waals surface area contributed by atoms with Gasteiger partial charge in [0.2, 0.25) is 0 Å². The van der Waals surface area contributed by atoms with Gasteiger partial charge in [-0.2, -0.15) is 0 Å². The largest absolute Gasteiger partial charge is 0.392 e. The Bertz CT molecular complexity index is 474. The molecule has 1 nitrogen and oxygen atoms in total. The molecule has 0 radical (unpaired) electrons. The molecule has 0 spiro atoms. The number of allylic oxidation sites excluding steroid dienone is 2. The van der Waals surface area contributed by atoms with Gasteiger partial charge in [0.15, 0.2) is 0 Å². The van der Waals surface area contributed by atoms with Gasteiger partial charge in [-0.15, -0.1) is 6.58 Å². The number of hydrogen-bond acceptors (Lipinski definition) is 1. The monoisotopic (exact) mass is 288 g/mol. The Morgan fingerprint density at radius 3 is 2.62 bits per heavy atom. The standard InChI is InChI=1S/C20H32O/c1-6-19(4)12-14-8-9-16-18(2,3)10-7-11-20(16,5)17(14)15(21)13-19/h6,12,15-17,21H,1,7-11,13H2,2-5H3/t15-,16+,17-,19-,20+/m1/s1. The van der Waals surface area contributed by atoms with Crippen LogP contribution in [0.1, 0.15) is 66.2 Å². The highest BCUT2D eigenvalue weighted by atomic mass is 16.3. The van der Waals surface area contributed by atoms with Gasteiger partial charge in [-0.05, 0) is 48.9 Å². The molecule has 118 valence electrons. The summed E-state index contributed by atoms with van der Waals surface area (Å²) in [6.07, 6.45) is 11.5.